The molecule has 0 saturated carbocycles. The number of halogens is 1. The van der Waals surface area contributed by atoms with Gasteiger partial charge in [0.15, 0.2) is 0 Å². The van der Waals surface area contributed by atoms with Crippen molar-refractivity contribution in [3.63, 3.8) is 0 Å². The van der Waals surface area contributed by atoms with Crippen LogP contribution in [0.15, 0.2) is 30.5 Å². The van der Waals surface area contributed by atoms with Gasteiger partial charge in [-0.1, -0.05) is 24.6 Å². The van der Waals surface area contributed by atoms with Crippen LogP contribution in [-0.2, 0) is 0 Å². The Morgan fingerprint density at radius 3 is 3.05 bits per heavy atom. The molecule has 2 aromatic rings. The highest BCUT2D eigenvalue weighted by Crippen LogP contribution is 2.32. The summed E-state index contributed by atoms with van der Waals surface area (Å²) in [4.78, 5) is 4.40. The minimum absolute atomic E-state index is 0.0881. The zero-order chi connectivity index (χ0) is 14.1. The second kappa shape index (κ2) is 5.68. The second-order valence-electron chi connectivity index (χ2n) is 5.67. The summed E-state index contributed by atoms with van der Waals surface area (Å²) >= 11 is 6.21. The van der Waals surface area contributed by atoms with E-state index in [-0.39, 0.29) is 6.04 Å². The zero-order valence-electron chi connectivity index (χ0n) is 11.5. The number of nitrogens with zero attached hydrogens (tertiary/aromatic N) is 1. The predicted octanol–water partition coefficient (Wildman–Crippen LogP) is 3.31. The molecule has 0 radical (unpaired) electrons. The van der Waals surface area contributed by atoms with Gasteiger partial charge < -0.3 is 10.4 Å². The molecular formula is C16H19ClN2O. The van der Waals surface area contributed by atoms with Crippen molar-refractivity contribution in [3.8, 4) is 0 Å². The van der Waals surface area contributed by atoms with Gasteiger partial charge in [0, 0.05) is 28.2 Å². The standard InChI is InChI=1S/C16H19ClN2O/c1-10-6-8-18-14(9-10)16(20)12-4-5-13(17)11-3-2-7-19-15(11)12/h2-5,7,10,14,16,18,20H,6,8-9H2,1H3. The summed E-state index contributed by atoms with van der Waals surface area (Å²) in [7, 11) is 0. The van der Waals surface area contributed by atoms with Crippen LogP contribution < -0.4 is 5.32 Å². The van der Waals surface area contributed by atoms with Crippen molar-refractivity contribution in [1.82, 2.24) is 10.3 Å². The lowest BCUT2D eigenvalue weighted by molar-refractivity contribution is 0.102. The Labute approximate surface area is 124 Å². The summed E-state index contributed by atoms with van der Waals surface area (Å²) in [6.07, 6.45) is 3.35. The van der Waals surface area contributed by atoms with Crippen LogP contribution in [0, 0.1) is 5.92 Å². The lowest BCUT2D eigenvalue weighted by Gasteiger charge is -2.32. The molecule has 0 aliphatic carbocycles. The second-order valence-corrected chi connectivity index (χ2v) is 6.08. The van der Waals surface area contributed by atoms with E-state index in [0.29, 0.717) is 10.9 Å². The van der Waals surface area contributed by atoms with Crippen molar-refractivity contribution in [1.29, 1.82) is 0 Å². The number of pyridine rings is 1. The SMILES string of the molecule is CC1CCNC(C(O)c2ccc(Cl)c3cccnc23)C1. The molecule has 1 aromatic carbocycles. The predicted molar refractivity (Wildman–Crippen MR) is 81.9 cm³/mol. The minimum Gasteiger partial charge on any atom is -0.387 e. The van der Waals surface area contributed by atoms with E-state index in [1.807, 2.05) is 24.3 Å². The Morgan fingerprint density at radius 2 is 2.25 bits per heavy atom. The third kappa shape index (κ3) is 2.53. The summed E-state index contributed by atoms with van der Waals surface area (Å²) in [5.74, 6) is 0.641. The molecule has 3 nitrogen and oxygen atoms in total. The molecule has 0 amide bonds. The molecule has 1 saturated heterocycles. The van der Waals surface area contributed by atoms with Crippen LogP contribution in [0.2, 0.25) is 5.02 Å². The molecule has 20 heavy (non-hydrogen) atoms. The van der Waals surface area contributed by atoms with Gasteiger partial charge in [0.25, 0.3) is 0 Å². The number of nitrogens with one attached hydrogen (secondary N) is 1. The van der Waals surface area contributed by atoms with E-state index in [1.54, 1.807) is 6.20 Å². The Morgan fingerprint density at radius 1 is 1.40 bits per heavy atom. The summed E-state index contributed by atoms with van der Waals surface area (Å²) in [5.41, 5.74) is 1.66. The van der Waals surface area contributed by atoms with Crippen LogP contribution in [0.4, 0.5) is 0 Å². The topological polar surface area (TPSA) is 45.1 Å². The van der Waals surface area contributed by atoms with E-state index in [2.05, 4.69) is 17.2 Å². The first kappa shape index (κ1) is 13.8. The van der Waals surface area contributed by atoms with Gasteiger partial charge >= 0.3 is 0 Å². The quantitative estimate of drug-likeness (QED) is 0.892. The average molecular weight is 291 g/mol. The highest BCUT2D eigenvalue weighted by Gasteiger charge is 2.27. The maximum atomic E-state index is 10.7. The Kier molecular flexibility index (Phi) is 3.92. The Hall–Kier alpha value is -1.16. The number of rotatable bonds is 2. The summed E-state index contributed by atoms with van der Waals surface area (Å²) in [6.45, 7) is 3.20. The van der Waals surface area contributed by atoms with Crippen molar-refractivity contribution < 1.29 is 5.11 Å². The van der Waals surface area contributed by atoms with Crippen molar-refractivity contribution in [2.45, 2.75) is 31.9 Å². The van der Waals surface area contributed by atoms with E-state index in [4.69, 9.17) is 11.6 Å². The molecule has 3 unspecified atom stereocenters. The van der Waals surface area contributed by atoms with E-state index in [0.717, 1.165) is 29.4 Å². The van der Waals surface area contributed by atoms with Gasteiger partial charge in [-0.05, 0) is 43.5 Å². The number of fused-ring (bicyclic) bond motifs is 1. The maximum absolute atomic E-state index is 10.7. The van der Waals surface area contributed by atoms with Gasteiger partial charge in [-0.25, -0.2) is 0 Å². The van der Waals surface area contributed by atoms with Crippen LogP contribution in [0.25, 0.3) is 10.9 Å². The maximum Gasteiger partial charge on any atom is 0.0964 e. The first-order valence-corrected chi connectivity index (χ1v) is 7.49. The average Bonchev–Trinajstić information content (AvgIpc) is 2.47. The van der Waals surface area contributed by atoms with Gasteiger partial charge in [0.2, 0.25) is 0 Å². The number of aromatic nitrogens is 1. The fourth-order valence-corrected chi connectivity index (χ4v) is 3.22. The van der Waals surface area contributed by atoms with Gasteiger partial charge in [0.05, 0.1) is 11.6 Å². The number of piperidine rings is 1. The normalized spacial score (nSPS) is 24.8. The van der Waals surface area contributed by atoms with Gasteiger partial charge in [-0.3, -0.25) is 4.98 Å². The number of aliphatic hydroxyl groups excluding tert-OH is 1. The molecule has 106 valence electrons. The van der Waals surface area contributed by atoms with Gasteiger partial charge in [0.1, 0.15) is 0 Å². The van der Waals surface area contributed by atoms with Crippen molar-refractivity contribution in [3.05, 3.63) is 41.0 Å². The number of benzene rings is 1. The molecule has 2 heterocycles. The first-order valence-electron chi connectivity index (χ1n) is 7.11. The highest BCUT2D eigenvalue weighted by atomic mass is 35.5. The molecule has 1 aliphatic heterocycles. The number of hydrogen-bond donors (Lipinski definition) is 2. The zero-order valence-corrected chi connectivity index (χ0v) is 12.3. The molecule has 0 spiro atoms. The molecule has 3 atom stereocenters. The van der Waals surface area contributed by atoms with Crippen LogP contribution in [-0.4, -0.2) is 22.7 Å². The largest absolute Gasteiger partial charge is 0.387 e. The molecule has 1 aliphatic rings. The number of hydrogen-bond acceptors (Lipinski definition) is 3. The van der Waals surface area contributed by atoms with Gasteiger partial charge in [-0.15, -0.1) is 0 Å². The molecule has 2 N–H and O–H groups in total. The van der Waals surface area contributed by atoms with Gasteiger partial charge in [-0.2, -0.15) is 0 Å². The molecule has 1 fully saturated rings. The third-order valence-electron chi connectivity index (χ3n) is 4.15. The van der Waals surface area contributed by atoms with E-state index in [9.17, 15) is 5.11 Å². The lowest BCUT2D eigenvalue weighted by Crippen LogP contribution is -2.41. The molecule has 1 aromatic heterocycles. The highest BCUT2D eigenvalue weighted by molar-refractivity contribution is 6.35. The molecule has 4 heteroatoms. The summed E-state index contributed by atoms with van der Waals surface area (Å²) < 4.78 is 0. The van der Waals surface area contributed by atoms with Crippen molar-refractivity contribution >= 4 is 22.5 Å². The fraction of sp³-hybridized carbons (Fsp3) is 0.438. The first-order chi connectivity index (χ1) is 9.66. The minimum atomic E-state index is -0.549. The van der Waals surface area contributed by atoms with Crippen molar-refractivity contribution in [2.75, 3.05) is 6.54 Å². The Balaban J connectivity index is 1.99. The van der Waals surface area contributed by atoms with E-state index in [1.165, 1.54) is 6.42 Å². The van der Waals surface area contributed by atoms with E-state index < -0.39 is 6.10 Å². The third-order valence-corrected chi connectivity index (χ3v) is 4.48. The van der Waals surface area contributed by atoms with Crippen LogP contribution >= 0.6 is 11.6 Å². The number of aliphatic hydroxyl groups is 1. The summed E-state index contributed by atoms with van der Waals surface area (Å²) in [5, 5.41) is 15.7. The molecule has 0 bridgehead atoms. The van der Waals surface area contributed by atoms with Crippen molar-refractivity contribution in [2.24, 2.45) is 5.92 Å². The van der Waals surface area contributed by atoms with Crippen LogP contribution in [0.1, 0.15) is 31.4 Å². The molecular weight excluding hydrogens is 272 g/mol. The van der Waals surface area contributed by atoms with Crippen LogP contribution in [0.5, 0.6) is 0 Å². The smallest absolute Gasteiger partial charge is 0.0964 e. The fourth-order valence-electron chi connectivity index (χ4n) is 3.01. The van der Waals surface area contributed by atoms with Crippen LogP contribution in [0.3, 0.4) is 0 Å². The van der Waals surface area contributed by atoms with E-state index >= 15 is 0 Å². The molecule has 3 rings (SSSR count). The summed E-state index contributed by atoms with van der Waals surface area (Å²) in [6, 6.07) is 7.63. The Bertz CT molecular complexity index is 616. The monoisotopic (exact) mass is 290 g/mol. The lowest BCUT2D eigenvalue weighted by atomic mass is 9.88.